The van der Waals surface area contributed by atoms with Gasteiger partial charge in [-0.2, -0.15) is 0 Å². The molecule has 2 rings (SSSR count). The second kappa shape index (κ2) is 6.91. The molecule has 0 spiro atoms. The number of aryl methyl sites for hydroxylation is 1. The standard InChI is InChI=1S/C16H26N2/c1-13-6-8-15(9-7-13)12-18-14(2)11-16-5-3-4-10-17-16/h6-9,14,16-18H,3-5,10-12H2,1-2H3. The van der Waals surface area contributed by atoms with Crippen molar-refractivity contribution in [3.63, 3.8) is 0 Å². The highest BCUT2D eigenvalue weighted by Gasteiger charge is 2.15. The second-order valence-corrected chi connectivity index (χ2v) is 5.65. The van der Waals surface area contributed by atoms with Gasteiger partial charge in [0.05, 0.1) is 0 Å². The Hall–Kier alpha value is -0.860. The van der Waals surface area contributed by atoms with Crippen LogP contribution in [-0.4, -0.2) is 18.6 Å². The molecular weight excluding hydrogens is 220 g/mol. The molecule has 0 amide bonds. The van der Waals surface area contributed by atoms with Gasteiger partial charge in [0.25, 0.3) is 0 Å². The molecule has 2 nitrogen and oxygen atoms in total. The van der Waals surface area contributed by atoms with E-state index in [4.69, 9.17) is 0 Å². The zero-order chi connectivity index (χ0) is 12.8. The Morgan fingerprint density at radius 2 is 2.06 bits per heavy atom. The van der Waals surface area contributed by atoms with E-state index < -0.39 is 0 Å². The average Bonchev–Trinajstić information content (AvgIpc) is 2.39. The number of piperidine rings is 1. The third kappa shape index (κ3) is 4.43. The highest BCUT2D eigenvalue weighted by molar-refractivity contribution is 5.21. The number of hydrogen-bond donors (Lipinski definition) is 2. The molecule has 1 saturated heterocycles. The van der Waals surface area contributed by atoms with Crippen molar-refractivity contribution in [2.45, 2.75) is 58.2 Å². The molecule has 100 valence electrons. The van der Waals surface area contributed by atoms with Gasteiger partial charge >= 0.3 is 0 Å². The van der Waals surface area contributed by atoms with Gasteiger partial charge in [0.1, 0.15) is 0 Å². The van der Waals surface area contributed by atoms with Crippen molar-refractivity contribution in [2.75, 3.05) is 6.54 Å². The molecule has 2 unspecified atom stereocenters. The van der Waals surface area contributed by atoms with Gasteiger partial charge in [-0.25, -0.2) is 0 Å². The molecule has 1 heterocycles. The monoisotopic (exact) mass is 246 g/mol. The summed E-state index contributed by atoms with van der Waals surface area (Å²) in [5.41, 5.74) is 2.71. The van der Waals surface area contributed by atoms with Crippen molar-refractivity contribution in [3.05, 3.63) is 35.4 Å². The van der Waals surface area contributed by atoms with E-state index in [1.807, 2.05) is 0 Å². The topological polar surface area (TPSA) is 24.1 Å². The number of rotatable bonds is 5. The van der Waals surface area contributed by atoms with E-state index in [9.17, 15) is 0 Å². The first-order chi connectivity index (χ1) is 8.74. The third-order valence-corrected chi connectivity index (χ3v) is 3.83. The molecule has 0 aliphatic carbocycles. The SMILES string of the molecule is Cc1ccc(CNC(C)CC2CCCCN2)cc1. The Kier molecular flexibility index (Phi) is 5.21. The Labute approximate surface area is 111 Å². The molecule has 0 aromatic heterocycles. The third-order valence-electron chi connectivity index (χ3n) is 3.83. The van der Waals surface area contributed by atoms with Crippen LogP contribution in [0, 0.1) is 6.92 Å². The van der Waals surface area contributed by atoms with Gasteiger partial charge in [-0.3, -0.25) is 0 Å². The van der Waals surface area contributed by atoms with Gasteiger partial charge in [-0.05, 0) is 45.2 Å². The maximum atomic E-state index is 3.63. The zero-order valence-corrected chi connectivity index (χ0v) is 11.7. The Balaban J connectivity index is 1.70. The fraction of sp³-hybridized carbons (Fsp3) is 0.625. The zero-order valence-electron chi connectivity index (χ0n) is 11.7. The maximum absolute atomic E-state index is 3.63. The van der Waals surface area contributed by atoms with Crippen LogP contribution in [0.1, 0.15) is 43.7 Å². The molecule has 2 atom stereocenters. The summed E-state index contributed by atoms with van der Waals surface area (Å²) >= 11 is 0. The van der Waals surface area contributed by atoms with E-state index >= 15 is 0 Å². The smallest absolute Gasteiger partial charge is 0.0207 e. The van der Waals surface area contributed by atoms with Gasteiger partial charge in [-0.15, -0.1) is 0 Å². The first-order valence-corrected chi connectivity index (χ1v) is 7.26. The predicted octanol–water partition coefficient (Wildman–Crippen LogP) is 3.01. The minimum atomic E-state index is 0.585. The Morgan fingerprint density at radius 3 is 2.72 bits per heavy atom. The lowest BCUT2D eigenvalue weighted by molar-refractivity contribution is 0.344. The van der Waals surface area contributed by atoms with Gasteiger partial charge in [-0.1, -0.05) is 36.2 Å². The van der Waals surface area contributed by atoms with Gasteiger partial charge in [0.15, 0.2) is 0 Å². The lowest BCUT2D eigenvalue weighted by Crippen LogP contribution is -2.39. The largest absolute Gasteiger partial charge is 0.314 e. The minimum Gasteiger partial charge on any atom is -0.314 e. The highest BCUT2D eigenvalue weighted by Crippen LogP contribution is 2.12. The van der Waals surface area contributed by atoms with Crippen molar-refractivity contribution < 1.29 is 0 Å². The molecule has 1 aromatic carbocycles. The van der Waals surface area contributed by atoms with Gasteiger partial charge in [0, 0.05) is 18.6 Å². The van der Waals surface area contributed by atoms with Crippen LogP contribution < -0.4 is 10.6 Å². The fourth-order valence-electron chi connectivity index (χ4n) is 2.63. The first kappa shape index (κ1) is 13.6. The maximum Gasteiger partial charge on any atom is 0.0207 e. The molecule has 18 heavy (non-hydrogen) atoms. The number of nitrogens with one attached hydrogen (secondary N) is 2. The van der Waals surface area contributed by atoms with Crippen molar-refractivity contribution in [1.29, 1.82) is 0 Å². The van der Waals surface area contributed by atoms with Crippen LogP contribution in [0.25, 0.3) is 0 Å². The molecule has 2 N–H and O–H groups in total. The lowest BCUT2D eigenvalue weighted by atomic mass is 9.98. The summed E-state index contributed by atoms with van der Waals surface area (Å²) in [4.78, 5) is 0. The van der Waals surface area contributed by atoms with E-state index in [0.29, 0.717) is 6.04 Å². The van der Waals surface area contributed by atoms with Crippen LogP contribution in [0.4, 0.5) is 0 Å². The van der Waals surface area contributed by atoms with E-state index in [1.165, 1.54) is 43.4 Å². The van der Waals surface area contributed by atoms with Crippen LogP contribution in [0.3, 0.4) is 0 Å². The van der Waals surface area contributed by atoms with Crippen LogP contribution in [0.15, 0.2) is 24.3 Å². The summed E-state index contributed by atoms with van der Waals surface area (Å²) in [6.07, 6.45) is 5.33. The number of hydrogen-bond acceptors (Lipinski definition) is 2. The first-order valence-electron chi connectivity index (χ1n) is 7.26. The van der Waals surface area contributed by atoms with E-state index in [-0.39, 0.29) is 0 Å². The lowest BCUT2D eigenvalue weighted by Gasteiger charge is -2.26. The molecule has 1 fully saturated rings. The molecule has 0 bridgehead atoms. The van der Waals surface area contributed by atoms with E-state index in [1.54, 1.807) is 0 Å². The van der Waals surface area contributed by atoms with E-state index in [2.05, 4.69) is 48.7 Å². The van der Waals surface area contributed by atoms with Crippen LogP contribution >= 0.6 is 0 Å². The Morgan fingerprint density at radius 1 is 1.28 bits per heavy atom. The fourth-order valence-corrected chi connectivity index (χ4v) is 2.63. The summed E-state index contributed by atoms with van der Waals surface area (Å²) in [6, 6.07) is 10.1. The summed E-state index contributed by atoms with van der Waals surface area (Å²) in [5.74, 6) is 0. The normalized spacial score (nSPS) is 21.8. The van der Waals surface area contributed by atoms with Crippen molar-refractivity contribution >= 4 is 0 Å². The van der Waals surface area contributed by atoms with Crippen LogP contribution in [0.2, 0.25) is 0 Å². The van der Waals surface area contributed by atoms with Crippen LogP contribution in [-0.2, 0) is 6.54 Å². The molecule has 0 saturated carbocycles. The quantitative estimate of drug-likeness (QED) is 0.834. The summed E-state index contributed by atoms with van der Waals surface area (Å²) in [6.45, 7) is 6.61. The summed E-state index contributed by atoms with van der Waals surface area (Å²) in [7, 11) is 0. The van der Waals surface area contributed by atoms with Crippen molar-refractivity contribution in [2.24, 2.45) is 0 Å². The highest BCUT2D eigenvalue weighted by atomic mass is 15.0. The molecule has 1 aromatic rings. The molecule has 1 aliphatic rings. The molecule has 0 radical (unpaired) electrons. The summed E-state index contributed by atoms with van der Waals surface area (Å²) in [5, 5.41) is 7.24. The Bertz CT molecular complexity index is 339. The van der Waals surface area contributed by atoms with Crippen LogP contribution in [0.5, 0.6) is 0 Å². The van der Waals surface area contributed by atoms with Gasteiger partial charge < -0.3 is 10.6 Å². The minimum absolute atomic E-state index is 0.585. The summed E-state index contributed by atoms with van der Waals surface area (Å²) < 4.78 is 0. The number of benzene rings is 1. The van der Waals surface area contributed by atoms with Gasteiger partial charge in [0.2, 0.25) is 0 Å². The molecule has 1 aliphatic heterocycles. The van der Waals surface area contributed by atoms with E-state index in [0.717, 1.165) is 12.6 Å². The molecular formula is C16H26N2. The average molecular weight is 246 g/mol. The predicted molar refractivity (Wildman–Crippen MR) is 77.7 cm³/mol. The second-order valence-electron chi connectivity index (χ2n) is 5.65. The van der Waals surface area contributed by atoms with Crippen molar-refractivity contribution in [3.8, 4) is 0 Å². The van der Waals surface area contributed by atoms with Crippen molar-refractivity contribution in [1.82, 2.24) is 10.6 Å². The molecule has 2 heteroatoms.